The Morgan fingerprint density at radius 1 is 1.32 bits per heavy atom. The van der Waals surface area contributed by atoms with Gasteiger partial charge >= 0.3 is 0 Å². The van der Waals surface area contributed by atoms with Gasteiger partial charge in [0.1, 0.15) is 11.6 Å². The second-order valence-corrected chi connectivity index (χ2v) is 6.69. The largest absolute Gasteiger partial charge is 0.493 e. The third-order valence-corrected chi connectivity index (χ3v) is 4.67. The first-order valence-electron chi connectivity index (χ1n) is 8.11. The average molecular weight is 363 g/mol. The molecular formula is C19H20ClFN2O2. The summed E-state index contributed by atoms with van der Waals surface area (Å²) in [5.74, 6) is 0.151. The molecule has 4 nitrogen and oxygen atoms in total. The number of nitrogens with one attached hydrogen (secondary N) is 1. The minimum atomic E-state index is -0.465. The molecule has 2 aromatic rings. The van der Waals surface area contributed by atoms with Crippen molar-refractivity contribution in [2.45, 2.75) is 12.5 Å². The molecule has 0 spiro atoms. The standard InChI is InChI=1S/C19H20ClFN2O2/c1-23(2)17(12-3-6-18-13(9-12)7-8-25-18)11-22-19(24)15-5-4-14(21)10-16(15)20/h3-6,9-10,17H,7-8,11H2,1-2H3,(H,22,24). The summed E-state index contributed by atoms with van der Waals surface area (Å²) in [6, 6.07) is 9.90. The molecule has 25 heavy (non-hydrogen) atoms. The lowest BCUT2D eigenvalue weighted by atomic mass is 10.0. The van der Waals surface area contributed by atoms with E-state index in [2.05, 4.69) is 11.4 Å². The summed E-state index contributed by atoms with van der Waals surface area (Å²) in [7, 11) is 3.93. The first-order chi connectivity index (χ1) is 12.0. The van der Waals surface area contributed by atoms with E-state index in [0.29, 0.717) is 13.2 Å². The van der Waals surface area contributed by atoms with E-state index in [9.17, 15) is 9.18 Å². The molecule has 0 fully saturated rings. The summed E-state index contributed by atoms with van der Waals surface area (Å²) in [5, 5.41) is 2.99. The van der Waals surface area contributed by atoms with E-state index in [0.717, 1.165) is 23.8 Å². The van der Waals surface area contributed by atoms with Gasteiger partial charge in [-0.3, -0.25) is 4.79 Å². The van der Waals surface area contributed by atoms with Gasteiger partial charge in [-0.15, -0.1) is 0 Å². The molecule has 0 bridgehead atoms. The van der Waals surface area contributed by atoms with Crippen LogP contribution in [0.15, 0.2) is 36.4 Å². The van der Waals surface area contributed by atoms with Gasteiger partial charge < -0.3 is 15.0 Å². The third-order valence-electron chi connectivity index (χ3n) is 4.35. The molecular weight excluding hydrogens is 343 g/mol. The predicted molar refractivity (Wildman–Crippen MR) is 95.8 cm³/mol. The molecule has 1 heterocycles. The fourth-order valence-corrected chi connectivity index (χ4v) is 3.22. The van der Waals surface area contributed by atoms with Crippen molar-refractivity contribution >= 4 is 17.5 Å². The number of nitrogens with zero attached hydrogens (tertiary/aromatic N) is 1. The van der Waals surface area contributed by atoms with Gasteiger partial charge in [0, 0.05) is 13.0 Å². The number of ether oxygens (including phenoxy) is 1. The van der Waals surface area contributed by atoms with Crippen LogP contribution in [0.2, 0.25) is 5.02 Å². The SMILES string of the molecule is CN(C)C(CNC(=O)c1ccc(F)cc1Cl)c1ccc2c(c1)CCO2. The van der Waals surface area contributed by atoms with E-state index in [1.807, 2.05) is 31.1 Å². The molecule has 1 unspecified atom stereocenters. The zero-order chi connectivity index (χ0) is 18.0. The molecule has 0 aromatic heterocycles. The monoisotopic (exact) mass is 362 g/mol. The Morgan fingerprint density at radius 2 is 2.12 bits per heavy atom. The fraction of sp³-hybridized carbons (Fsp3) is 0.316. The van der Waals surface area contributed by atoms with Crippen molar-refractivity contribution in [1.29, 1.82) is 0 Å². The smallest absolute Gasteiger partial charge is 0.252 e. The Hall–Kier alpha value is -2.11. The highest BCUT2D eigenvalue weighted by atomic mass is 35.5. The first-order valence-corrected chi connectivity index (χ1v) is 8.49. The molecule has 0 aliphatic carbocycles. The van der Waals surface area contributed by atoms with Crippen LogP contribution in [0.5, 0.6) is 5.75 Å². The van der Waals surface area contributed by atoms with Gasteiger partial charge in [0.2, 0.25) is 0 Å². The second kappa shape index (κ2) is 7.42. The number of carbonyl (C=O) groups is 1. The summed E-state index contributed by atoms with van der Waals surface area (Å²) < 4.78 is 18.7. The van der Waals surface area contributed by atoms with E-state index in [-0.39, 0.29) is 22.5 Å². The quantitative estimate of drug-likeness (QED) is 0.885. The van der Waals surface area contributed by atoms with Crippen molar-refractivity contribution in [3.8, 4) is 5.75 Å². The van der Waals surface area contributed by atoms with Crippen LogP contribution in [0.3, 0.4) is 0 Å². The Kier molecular flexibility index (Phi) is 5.25. The van der Waals surface area contributed by atoms with Gasteiger partial charge in [-0.05, 0) is 49.5 Å². The van der Waals surface area contributed by atoms with Crippen LogP contribution in [0, 0.1) is 5.82 Å². The van der Waals surface area contributed by atoms with Crippen LogP contribution in [0.4, 0.5) is 4.39 Å². The molecule has 1 N–H and O–H groups in total. The van der Waals surface area contributed by atoms with Gasteiger partial charge in [-0.25, -0.2) is 4.39 Å². The molecule has 0 saturated heterocycles. The maximum absolute atomic E-state index is 13.1. The lowest BCUT2D eigenvalue weighted by molar-refractivity contribution is 0.0942. The zero-order valence-corrected chi connectivity index (χ0v) is 14.9. The minimum absolute atomic E-state index is 0.00840. The molecule has 6 heteroatoms. The van der Waals surface area contributed by atoms with Crippen molar-refractivity contribution in [1.82, 2.24) is 10.2 Å². The summed E-state index contributed by atoms with van der Waals surface area (Å²) in [6.45, 7) is 1.13. The lowest BCUT2D eigenvalue weighted by Crippen LogP contribution is -2.34. The number of hydrogen-bond donors (Lipinski definition) is 1. The molecule has 0 radical (unpaired) electrons. The number of fused-ring (bicyclic) bond motifs is 1. The number of amides is 1. The fourth-order valence-electron chi connectivity index (χ4n) is 2.97. The van der Waals surface area contributed by atoms with Crippen molar-refractivity contribution in [3.63, 3.8) is 0 Å². The molecule has 1 aliphatic rings. The molecule has 3 rings (SSSR count). The third kappa shape index (κ3) is 3.94. The molecule has 1 amide bonds. The Morgan fingerprint density at radius 3 is 2.84 bits per heavy atom. The van der Waals surface area contributed by atoms with E-state index in [1.54, 1.807) is 0 Å². The number of halogens is 2. The van der Waals surface area contributed by atoms with Crippen molar-refractivity contribution in [3.05, 3.63) is 63.9 Å². The molecule has 0 saturated carbocycles. The zero-order valence-electron chi connectivity index (χ0n) is 14.2. The van der Waals surface area contributed by atoms with Gasteiger partial charge in [-0.2, -0.15) is 0 Å². The number of benzene rings is 2. The average Bonchev–Trinajstić information content (AvgIpc) is 3.02. The molecule has 1 atom stereocenters. The number of rotatable bonds is 5. The van der Waals surface area contributed by atoms with Crippen LogP contribution >= 0.6 is 11.6 Å². The summed E-state index contributed by atoms with van der Waals surface area (Å²) in [5.41, 5.74) is 2.57. The van der Waals surface area contributed by atoms with Crippen LogP contribution in [0.1, 0.15) is 27.5 Å². The number of carbonyl (C=O) groups excluding carboxylic acids is 1. The molecule has 2 aromatic carbocycles. The predicted octanol–water partition coefficient (Wildman–Crippen LogP) is 3.45. The van der Waals surface area contributed by atoms with Gasteiger partial charge in [0.15, 0.2) is 0 Å². The summed E-state index contributed by atoms with van der Waals surface area (Å²) >= 11 is 5.96. The van der Waals surface area contributed by atoms with Gasteiger partial charge in [-0.1, -0.05) is 23.7 Å². The lowest BCUT2D eigenvalue weighted by Gasteiger charge is -2.25. The second-order valence-electron chi connectivity index (χ2n) is 6.28. The van der Waals surface area contributed by atoms with E-state index < -0.39 is 5.82 Å². The van der Waals surface area contributed by atoms with Crippen LogP contribution < -0.4 is 10.1 Å². The maximum atomic E-state index is 13.1. The van der Waals surface area contributed by atoms with Crippen LogP contribution in [-0.2, 0) is 6.42 Å². The van der Waals surface area contributed by atoms with Gasteiger partial charge in [0.25, 0.3) is 5.91 Å². The van der Waals surface area contributed by atoms with Gasteiger partial charge in [0.05, 0.1) is 23.2 Å². The van der Waals surface area contributed by atoms with Crippen molar-refractivity contribution < 1.29 is 13.9 Å². The minimum Gasteiger partial charge on any atom is -0.493 e. The Balaban J connectivity index is 1.73. The highest BCUT2D eigenvalue weighted by Gasteiger charge is 2.20. The Labute approximate surface area is 151 Å². The van der Waals surface area contributed by atoms with Crippen molar-refractivity contribution in [2.75, 3.05) is 27.2 Å². The highest BCUT2D eigenvalue weighted by molar-refractivity contribution is 6.33. The summed E-state index contributed by atoms with van der Waals surface area (Å²) in [4.78, 5) is 14.4. The number of hydrogen-bond acceptors (Lipinski definition) is 3. The normalized spacial score (nSPS) is 14.1. The first kappa shape index (κ1) is 17.7. The van der Waals surface area contributed by atoms with E-state index in [1.165, 1.54) is 17.7 Å². The highest BCUT2D eigenvalue weighted by Crippen LogP contribution is 2.29. The topological polar surface area (TPSA) is 41.6 Å². The maximum Gasteiger partial charge on any atom is 0.252 e. The van der Waals surface area contributed by atoms with Crippen molar-refractivity contribution in [2.24, 2.45) is 0 Å². The Bertz CT molecular complexity index is 795. The summed E-state index contributed by atoms with van der Waals surface area (Å²) in [6.07, 6.45) is 0.904. The van der Waals surface area contributed by atoms with E-state index >= 15 is 0 Å². The number of likely N-dealkylation sites (N-methyl/N-ethyl adjacent to an activating group) is 1. The van der Waals surface area contributed by atoms with Crippen LogP contribution in [-0.4, -0.2) is 38.1 Å². The van der Waals surface area contributed by atoms with E-state index in [4.69, 9.17) is 16.3 Å². The van der Waals surface area contributed by atoms with Crippen LogP contribution in [0.25, 0.3) is 0 Å². The molecule has 132 valence electrons. The molecule has 1 aliphatic heterocycles.